The maximum absolute atomic E-state index is 12.7. The molecule has 0 bridgehead atoms. The topological polar surface area (TPSA) is 20.2 Å². The van der Waals surface area contributed by atoms with Crippen LogP contribution < -0.4 is 0 Å². The minimum atomic E-state index is -4.83. The second-order valence-electron chi connectivity index (χ2n) is 3.36. The van der Waals surface area contributed by atoms with Gasteiger partial charge in [-0.2, -0.15) is 13.2 Å². The van der Waals surface area contributed by atoms with Crippen molar-refractivity contribution in [2.45, 2.75) is 18.2 Å². The molecule has 0 aliphatic heterocycles. The fourth-order valence-electron chi connectivity index (χ4n) is 1.33. The molecule has 0 fully saturated rings. The van der Waals surface area contributed by atoms with E-state index < -0.39 is 29.6 Å². The van der Waals surface area contributed by atoms with Gasteiger partial charge in [-0.05, 0) is 17.7 Å². The van der Waals surface area contributed by atoms with Crippen LogP contribution in [0.5, 0.6) is 0 Å². The third kappa shape index (κ3) is 2.24. The number of halogens is 4. The Balaban J connectivity index is 3.21. The van der Waals surface area contributed by atoms with Gasteiger partial charge in [0.1, 0.15) is 5.82 Å². The van der Waals surface area contributed by atoms with Crippen molar-refractivity contribution in [1.29, 1.82) is 0 Å². The molecule has 0 saturated heterocycles. The predicted molar refractivity (Wildman–Crippen MR) is 51.2 cm³/mol. The predicted octanol–water partition coefficient (Wildman–Crippen LogP) is 3.15. The molecule has 1 atom stereocenters. The molecule has 1 aromatic rings. The Bertz CT molecular complexity index is 369. The summed E-state index contributed by atoms with van der Waals surface area (Å²) < 4.78 is 50.6. The zero-order valence-corrected chi connectivity index (χ0v) is 8.26. The van der Waals surface area contributed by atoms with Crippen LogP contribution in [0.25, 0.3) is 0 Å². The molecule has 0 heterocycles. The van der Waals surface area contributed by atoms with Crippen LogP contribution in [0.15, 0.2) is 36.9 Å². The highest BCUT2D eigenvalue weighted by atomic mass is 19.4. The summed E-state index contributed by atoms with van der Waals surface area (Å²) >= 11 is 0. The Hall–Kier alpha value is -1.36. The van der Waals surface area contributed by atoms with E-state index in [4.69, 9.17) is 0 Å². The van der Waals surface area contributed by atoms with Crippen molar-refractivity contribution in [3.05, 3.63) is 48.3 Å². The van der Waals surface area contributed by atoms with E-state index in [1.807, 2.05) is 0 Å². The Morgan fingerprint density at radius 1 is 1.19 bits per heavy atom. The molecule has 1 nitrogen and oxygen atoms in total. The van der Waals surface area contributed by atoms with Crippen molar-refractivity contribution >= 4 is 0 Å². The van der Waals surface area contributed by atoms with Crippen LogP contribution in [0.4, 0.5) is 17.6 Å². The second kappa shape index (κ2) is 4.25. The van der Waals surface area contributed by atoms with Crippen LogP contribution in [0.3, 0.4) is 0 Å². The third-order valence-electron chi connectivity index (χ3n) is 2.23. The van der Waals surface area contributed by atoms with Crippen LogP contribution in [0.2, 0.25) is 0 Å². The first-order valence-electron chi connectivity index (χ1n) is 4.47. The summed E-state index contributed by atoms with van der Waals surface area (Å²) in [6, 6.07) is 3.56. The number of benzene rings is 1. The van der Waals surface area contributed by atoms with Gasteiger partial charge in [-0.1, -0.05) is 18.2 Å². The highest BCUT2D eigenvalue weighted by Gasteiger charge is 2.53. The smallest absolute Gasteiger partial charge is 0.376 e. The molecule has 0 spiro atoms. The van der Waals surface area contributed by atoms with E-state index in [0.29, 0.717) is 0 Å². The molecule has 88 valence electrons. The molecule has 0 aliphatic rings. The molecular weight excluding hydrogens is 224 g/mol. The van der Waals surface area contributed by atoms with Gasteiger partial charge in [-0.25, -0.2) is 4.39 Å². The normalized spacial score (nSPS) is 15.6. The van der Waals surface area contributed by atoms with Crippen LogP contribution in [-0.4, -0.2) is 11.3 Å². The number of hydrogen-bond acceptors (Lipinski definition) is 1. The first-order chi connectivity index (χ1) is 7.31. The average Bonchev–Trinajstić information content (AvgIpc) is 2.17. The lowest BCUT2D eigenvalue weighted by Crippen LogP contribution is -2.41. The molecule has 1 aromatic carbocycles. The average molecular weight is 234 g/mol. The second-order valence-corrected chi connectivity index (χ2v) is 3.36. The summed E-state index contributed by atoms with van der Waals surface area (Å²) in [5.74, 6) is -0.660. The molecule has 16 heavy (non-hydrogen) atoms. The molecule has 0 radical (unpaired) electrons. The minimum Gasteiger partial charge on any atom is -0.376 e. The highest BCUT2D eigenvalue weighted by Crippen LogP contribution is 2.41. The molecule has 0 aromatic heterocycles. The van der Waals surface area contributed by atoms with Crippen molar-refractivity contribution in [2.24, 2.45) is 0 Å². The van der Waals surface area contributed by atoms with E-state index in [2.05, 4.69) is 6.58 Å². The highest BCUT2D eigenvalue weighted by molar-refractivity contribution is 5.25. The van der Waals surface area contributed by atoms with Gasteiger partial charge in [0.25, 0.3) is 0 Å². The lowest BCUT2D eigenvalue weighted by atomic mass is 9.90. The molecule has 1 rings (SSSR count). The van der Waals surface area contributed by atoms with Crippen molar-refractivity contribution in [1.82, 2.24) is 0 Å². The molecule has 0 aliphatic carbocycles. The van der Waals surface area contributed by atoms with Gasteiger partial charge in [0.2, 0.25) is 0 Å². The van der Waals surface area contributed by atoms with Gasteiger partial charge in [-0.15, -0.1) is 6.58 Å². The van der Waals surface area contributed by atoms with Crippen molar-refractivity contribution in [3.8, 4) is 0 Å². The van der Waals surface area contributed by atoms with Gasteiger partial charge in [0.05, 0.1) is 0 Å². The summed E-state index contributed by atoms with van der Waals surface area (Å²) in [5.41, 5.74) is -3.41. The largest absolute Gasteiger partial charge is 0.421 e. The summed E-state index contributed by atoms with van der Waals surface area (Å²) in [6.07, 6.45) is -4.54. The fourth-order valence-corrected chi connectivity index (χ4v) is 1.33. The summed E-state index contributed by atoms with van der Waals surface area (Å²) in [5, 5.41) is 9.59. The zero-order valence-electron chi connectivity index (χ0n) is 8.26. The van der Waals surface area contributed by atoms with Gasteiger partial charge in [0, 0.05) is 6.42 Å². The zero-order chi connectivity index (χ0) is 12.4. The number of aliphatic hydroxyl groups is 1. The van der Waals surface area contributed by atoms with Crippen LogP contribution in [0.1, 0.15) is 12.0 Å². The van der Waals surface area contributed by atoms with E-state index >= 15 is 0 Å². The molecule has 0 unspecified atom stereocenters. The van der Waals surface area contributed by atoms with Crippen molar-refractivity contribution in [2.75, 3.05) is 0 Å². The summed E-state index contributed by atoms with van der Waals surface area (Å²) in [4.78, 5) is 0. The quantitative estimate of drug-likeness (QED) is 0.629. The summed E-state index contributed by atoms with van der Waals surface area (Å²) in [7, 11) is 0. The van der Waals surface area contributed by atoms with Gasteiger partial charge < -0.3 is 5.11 Å². The van der Waals surface area contributed by atoms with Crippen LogP contribution in [0, 0.1) is 5.82 Å². The van der Waals surface area contributed by atoms with E-state index in [1.165, 1.54) is 0 Å². The third-order valence-corrected chi connectivity index (χ3v) is 2.23. The maximum Gasteiger partial charge on any atom is 0.421 e. The Morgan fingerprint density at radius 3 is 2.06 bits per heavy atom. The Kier molecular flexibility index (Phi) is 3.38. The summed E-state index contributed by atoms with van der Waals surface area (Å²) in [6.45, 7) is 3.17. The SMILES string of the molecule is C=CC[C@](O)(c1ccc(F)cc1)C(F)(F)F. The lowest BCUT2D eigenvalue weighted by Gasteiger charge is -2.29. The van der Waals surface area contributed by atoms with E-state index in [1.54, 1.807) is 0 Å². The van der Waals surface area contributed by atoms with Gasteiger partial charge >= 0.3 is 6.18 Å². The number of hydrogen-bond donors (Lipinski definition) is 1. The maximum atomic E-state index is 12.7. The lowest BCUT2D eigenvalue weighted by molar-refractivity contribution is -0.265. The monoisotopic (exact) mass is 234 g/mol. The van der Waals surface area contributed by atoms with Crippen LogP contribution in [-0.2, 0) is 5.60 Å². The first-order valence-corrected chi connectivity index (χ1v) is 4.47. The van der Waals surface area contributed by atoms with E-state index in [0.717, 1.165) is 30.3 Å². The number of rotatable bonds is 3. The molecule has 5 heteroatoms. The van der Waals surface area contributed by atoms with E-state index in [-0.39, 0.29) is 0 Å². The van der Waals surface area contributed by atoms with Gasteiger partial charge in [0.15, 0.2) is 5.60 Å². The fraction of sp³-hybridized carbons (Fsp3) is 0.273. The number of alkyl halides is 3. The molecule has 0 amide bonds. The Morgan fingerprint density at radius 2 is 1.69 bits per heavy atom. The molecular formula is C11H10F4O. The standard InChI is InChI=1S/C11H10F4O/c1-2-7-10(16,11(13,14)15)8-3-5-9(12)6-4-8/h2-6,16H,1,7H2/t10-/m0/s1. The first kappa shape index (κ1) is 12.7. The molecule has 0 saturated carbocycles. The van der Waals surface area contributed by atoms with Crippen molar-refractivity contribution in [3.63, 3.8) is 0 Å². The molecule has 1 N–H and O–H groups in total. The Labute approximate surface area is 90.0 Å². The van der Waals surface area contributed by atoms with Crippen molar-refractivity contribution < 1.29 is 22.7 Å². The minimum absolute atomic E-state index is 0.402. The van der Waals surface area contributed by atoms with Crippen LogP contribution >= 0.6 is 0 Å². The van der Waals surface area contributed by atoms with E-state index in [9.17, 15) is 22.7 Å². The van der Waals surface area contributed by atoms with Gasteiger partial charge in [-0.3, -0.25) is 0 Å².